The third-order valence-corrected chi connectivity index (χ3v) is 30.6. The summed E-state index contributed by atoms with van der Waals surface area (Å²) in [5.74, 6) is 1.07. The SMILES string of the molecule is CC(=O)c1ccc2c(c1)C(C)=C(c1ccccc1)C2.CC1=C(C2=CCCCC2)Cc2ccccc21.CC1=C(C2CC2)Cc2ccccc21.CC1=C(CO[Si](c2ccccc2)(c2ccccc2)C(C)(C)C)Cc2ccccc21.CC1=C(c2ccc(C)cc2)Cc2ccc(C#N)cc21.CC1=C(c2ccccc2Br)Cc2ccc(C)cc21. The van der Waals surface area contributed by atoms with Crippen LogP contribution in [0.2, 0.25) is 5.04 Å². The molecule has 19 rings (SSSR count). The van der Waals surface area contributed by atoms with Gasteiger partial charge in [0.15, 0.2) is 5.78 Å². The Kier molecular flexibility index (Phi) is 24.9. The number of ketones is 1. The standard InChI is InChI=1S/C27H30OSi.C18H15N.C18H16O.C17H15Br.C16H18.C13H14/c1-21-23(19-22-13-11-12-18-26(21)22)20-28-29(27(2,3)4,24-14-7-5-8-15-24)25-16-9-6-10-17-25;1-12-3-6-15(7-4-12)18-10-16-8-5-14(11-19)9-17(16)13(18)2;1-12-17(14-6-4-3-5-7-14)11-16-9-8-15(13(2)19)10-18(12)16;1-11-7-8-13-10-16(12(2)15(13)9-11)14-5-3-4-6-17(14)18;1-12-15-10-6-5-9-14(15)11-16(12)13-7-3-2-4-8-13;1-9-12-5-3-2-4-11(12)8-13(9)10-6-7-10/h5-18H,19-20H2,1-4H3;3-9H,10H2,1-2H3;3-10H,11H2,1-2H3;3-9H,10H2,1-2H3;5-7,9-10H,2-4,8,11H2,1H3;2-5,10H,6-8H2,1H3. The Hall–Kier alpha value is -10.6. The molecule has 0 heterocycles. The quantitative estimate of drug-likeness (QED) is 0.0958. The highest BCUT2D eigenvalue weighted by molar-refractivity contribution is 9.10. The number of carbonyl (C=O) groups is 1. The molecule has 0 spiro atoms. The van der Waals surface area contributed by atoms with Crippen molar-refractivity contribution in [2.75, 3.05) is 6.61 Å². The predicted molar refractivity (Wildman–Crippen MR) is 490 cm³/mol. The zero-order chi connectivity index (χ0) is 79.8. The van der Waals surface area contributed by atoms with Gasteiger partial charge in [-0.05, 0) is 335 Å². The van der Waals surface area contributed by atoms with Crippen molar-refractivity contribution in [1.29, 1.82) is 5.26 Å². The first-order valence-electron chi connectivity index (χ1n) is 41.2. The van der Waals surface area contributed by atoms with Crippen LogP contribution in [-0.4, -0.2) is 20.7 Å². The van der Waals surface area contributed by atoms with Crippen LogP contribution in [0.4, 0.5) is 0 Å². The summed E-state index contributed by atoms with van der Waals surface area (Å²) in [6.45, 7) is 26.9. The molecule has 0 aromatic heterocycles. The smallest absolute Gasteiger partial charge is 0.261 e. The van der Waals surface area contributed by atoms with E-state index in [0.717, 1.165) is 49.1 Å². The van der Waals surface area contributed by atoms with E-state index in [1.165, 1.54) is 199 Å². The van der Waals surface area contributed by atoms with Gasteiger partial charge in [-0.3, -0.25) is 4.79 Å². The Morgan fingerprint density at radius 2 is 0.877 bits per heavy atom. The molecule has 8 aliphatic carbocycles. The van der Waals surface area contributed by atoms with Gasteiger partial charge >= 0.3 is 0 Å². The fourth-order valence-electron chi connectivity index (χ4n) is 18.3. The van der Waals surface area contributed by atoms with Gasteiger partial charge in [-0.15, -0.1) is 0 Å². The summed E-state index contributed by atoms with van der Waals surface area (Å²) in [7, 11) is -2.48. The highest BCUT2D eigenvalue weighted by Crippen LogP contribution is 2.48. The van der Waals surface area contributed by atoms with Gasteiger partial charge in [0.1, 0.15) is 0 Å². The van der Waals surface area contributed by atoms with Gasteiger partial charge in [-0.2, -0.15) is 5.26 Å². The molecule has 0 amide bonds. The van der Waals surface area contributed by atoms with Gasteiger partial charge in [-0.1, -0.05) is 302 Å². The zero-order valence-electron chi connectivity index (χ0n) is 68.9. The molecule has 3 nitrogen and oxygen atoms in total. The third kappa shape index (κ3) is 17.4. The van der Waals surface area contributed by atoms with E-state index in [1.54, 1.807) is 34.8 Å². The number of benzene rings is 11. The highest BCUT2D eigenvalue weighted by Gasteiger charge is 2.50. The number of halogens is 1. The number of hydrogen-bond donors (Lipinski definition) is 0. The van der Waals surface area contributed by atoms with Crippen LogP contribution in [0, 0.1) is 31.1 Å². The number of aryl methyl sites for hydroxylation is 2. The maximum atomic E-state index is 11.5. The molecule has 114 heavy (non-hydrogen) atoms. The van der Waals surface area contributed by atoms with Crippen molar-refractivity contribution in [2.24, 2.45) is 5.92 Å². The van der Waals surface area contributed by atoms with Crippen LogP contribution in [0.1, 0.15) is 218 Å². The monoisotopic (exact) mass is 1570 g/mol. The Bertz CT molecular complexity index is 5680. The van der Waals surface area contributed by atoms with E-state index in [0.29, 0.717) is 6.61 Å². The second-order valence-corrected chi connectivity index (χ2v) is 38.5. The van der Waals surface area contributed by atoms with Crippen molar-refractivity contribution in [3.63, 3.8) is 0 Å². The van der Waals surface area contributed by atoms with Crippen LogP contribution < -0.4 is 10.4 Å². The second kappa shape index (κ2) is 35.4. The van der Waals surface area contributed by atoms with Crippen LogP contribution in [-0.2, 0) is 43.0 Å². The van der Waals surface area contributed by atoms with Gasteiger partial charge in [0.25, 0.3) is 8.32 Å². The van der Waals surface area contributed by atoms with E-state index in [1.807, 2.05) is 30.3 Å². The topological polar surface area (TPSA) is 50.1 Å². The summed E-state index contributed by atoms with van der Waals surface area (Å²) in [6.07, 6.45) is 17.0. The van der Waals surface area contributed by atoms with Gasteiger partial charge < -0.3 is 4.43 Å². The Balaban J connectivity index is 0.000000115. The minimum absolute atomic E-state index is 0.00955. The third-order valence-electron chi connectivity index (χ3n) is 24.9. The average Bonchev–Trinajstić information content (AvgIpc) is 1.14. The molecule has 0 bridgehead atoms. The molecule has 0 unspecified atom stereocenters. The first-order chi connectivity index (χ1) is 55.2. The minimum atomic E-state index is -2.48. The molecule has 11 aromatic rings. The van der Waals surface area contributed by atoms with Crippen molar-refractivity contribution < 1.29 is 9.22 Å². The molecular weight excluding hydrogens is 1460 g/mol. The lowest BCUT2D eigenvalue weighted by Crippen LogP contribution is -2.66. The lowest BCUT2D eigenvalue weighted by molar-refractivity contribution is 0.101. The highest BCUT2D eigenvalue weighted by atomic mass is 79.9. The fraction of sp³-hybridized carbons (Fsp3) is 0.248. The largest absolute Gasteiger partial charge is 0.403 e. The number of nitrogens with zero attached hydrogens (tertiary/aromatic N) is 1. The van der Waals surface area contributed by atoms with Crippen molar-refractivity contribution in [3.8, 4) is 6.07 Å². The Labute approximate surface area is 689 Å². The molecule has 11 aromatic carbocycles. The molecular formula is C109H108BrNO2Si. The fourth-order valence-corrected chi connectivity index (χ4v) is 23.3. The molecule has 1 saturated carbocycles. The van der Waals surface area contributed by atoms with E-state index in [2.05, 4.69) is 341 Å². The van der Waals surface area contributed by atoms with E-state index in [9.17, 15) is 4.79 Å². The number of nitriles is 1. The lowest BCUT2D eigenvalue weighted by Gasteiger charge is -2.43. The van der Waals surface area contributed by atoms with E-state index < -0.39 is 8.32 Å². The van der Waals surface area contributed by atoms with Crippen molar-refractivity contribution >= 4 is 90.6 Å². The average molecular weight is 1570 g/mol. The lowest BCUT2D eigenvalue weighted by atomic mass is 9.91. The van der Waals surface area contributed by atoms with Crippen molar-refractivity contribution in [3.05, 3.63) is 405 Å². The van der Waals surface area contributed by atoms with E-state index in [4.69, 9.17) is 9.69 Å². The molecule has 572 valence electrons. The first-order valence-corrected chi connectivity index (χ1v) is 43.9. The normalized spacial score (nSPS) is 15.4. The number of hydrogen-bond acceptors (Lipinski definition) is 3. The number of allylic oxidation sites excluding steroid dienone is 13. The molecule has 0 N–H and O–H groups in total. The minimum Gasteiger partial charge on any atom is -0.403 e. The maximum Gasteiger partial charge on any atom is 0.261 e. The summed E-state index contributed by atoms with van der Waals surface area (Å²) in [5.41, 5.74) is 43.9. The molecule has 1 fully saturated rings. The zero-order valence-corrected chi connectivity index (χ0v) is 71.5. The molecule has 5 heteroatoms. The van der Waals surface area contributed by atoms with E-state index in [-0.39, 0.29) is 10.8 Å². The molecule has 0 saturated heterocycles. The number of carbonyl (C=O) groups excluding carboxylic acids is 1. The number of Topliss-reactive ketones (excluding diaryl/α,β-unsaturated/α-hetero) is 1. The van der Waals surface area contributed by atoms with Crippen LogP contribution in [0.15, 0.2) is 300 Å². The molecule has 0 atom stereocenters. The van der Waals surface area contributed by atoms with E-state index >= 15 is 0 Å². The summed E-state index contributed by atoms with van der Waals surface area (Å²) in [4.78, 5) is 11.5. The Morgan fingerprint density at radius 1 is 0.430 bits per heavy atom. The molecule has 0 aliphatic heterocycles. The van der Waals surface area contributed by atoms with Gasteiger partial charge in [0, 0.05) is 10.0 Å². The van der Waals surface area contributed by atoms with Crippen LogP contribution in [0.5, 0.6) is 0 Å². The summed E-state index contributed by atoms with van der Waals surface area (Å²) in [6, 6.07) is 96.9. The number of fused-ring (bicyclic) bond motifs is 6. The second-order valence-electron chi connectivity index (χ2n) is 33.3. The predicted octanol–water partition coefficient (Wildman–Crippen LogP) is 27.5. The van der Waals surface area contributed by atoms with Gasteiger partial charge in [0.2, 0.25) is 0 Å². The maximum absolute atomic E-state index is 11.5. The van der Waals surface area contributed by atoms with Crippen molar-refractivity contribution in [1.82, 2.24) is 0 Å². The van der Waals surface area contributed by atoms with Gasteiger partial charge in [-0.25, -0.2) is 0 Å². The Morgan fingerprint density at radius 3 is 1.41 bits per heavy atom. The number of rotatable bonds is 11. The van der Waals surface area contributed by atoms with Crippen molar-refractivity contribution in [2.45, 2.75) is 165 Å². The summed E-state index contributed by atoms with van der Waals surface area (Å²) in [5, 5.41) is 11.7. The molecule has 0 radical (unpaired) electrons. The van der Waals surface area contributed by atoms with Crippen LogP contribution in [0.25, 0.3) is 50.2 Å². The first kappa shape index (κ1) is 80.0. The summed E-state index contributed by atoms with van der Waals surface area (Å²) >= 11 is 3.66. The van der Waals surface area contributed by atoms with Crippen LogP contribution in [0.3, 0.4) is 0 Å². The van der Waals surface area contributed by atoms with Gasteiger partial charge in [0.05, 0.1) is 18.2 Å². The molecule has 8 aliphatic rings. The van der Waals surface area contributed by atoms with Crippen LogP contribution >= 0.6 is 15.9 Å². The summed E-state index contributed by atoms with van der Waals surface area (Å²) < 4.78 is 8.32.